The molecule has 3 aromatic rings. The lowest BCUT2D eigenvalue weighted by Gasteiger charge is -2.27. The summed E-state index contributed by atoms with van der Waals surface area (Å²) in [5.41, 5.74) is 9.42. The van der Waals surface area contributed by atoms with Gasteiger partial charge in [-0.25, -0.2) is 0 Å². The van der Waals surface area contributed by atoms with Gasteiger partial charge in [0.05, 0.1) is 17.5 Å². The molecule has 1 aliphatic rings. The Balaban J connectivity index is 1.48. The summed E-state index contributed by atoms with van der Waals surface area (Å²) in [7, 11) is 1.70. The van der Waals surface area contributed by atoms with Crippen LogP contribution in [0.1, 0.15) is 23.6 Å². The molecule has 0 aliphatic carbocycles. The third-order valence-corrected chi connectivity index (χ3v) is 6.66. The van der Waals surface area contributed by atoms with Gasteiger partial charge in [0.1, 0.15) is 6.04 Å². The van der Waals surface area contributed by atoms with Crippen molar-refractivity contribution in [1.29, 1.82) is 0 Å². The van der Waals surface area contributed by atoms with Gasteiger partial charge in [0.15, 0.2) is 0 Å². The fraction of sp³-hybridized carbons (Fsp3) is 0.214. The summed E-state index contributed by atoms with van der Waals surface area (Å²) in [6.45, 7) is 1.45. The lowest BCUT2D eigenvalue weighted by atomic mass is 10.0. The number of likely N-dealkylation sites (tertiary alicyclic amines) is 1. The second kappa shape index (κ2) is 12.0. The first kappa shape index (κ1) is 25.6. The smallest absolute Gasteiger partial charge is 0.248 e. The van der Waals surface area contributed by atoms with Crippen molar-refractivity contribution in [2.45, 2.75) is 18.6 Å². The Kier molecular flexibility index (Phi) is 8.53. The molecule has 3 aromatic carbocycles. The zero-order valence-electron chi connectivity index (χ0n) is 20.0. The molecule has 2 unspecified atom stereocenters. The number of carbonyl (C=O) groups is 2. The van der Waals surface area contributed by atoms with Gasteiger partial charge >= 0.3 is 0 Å². The van der Waals surface area contributed by atoms with Crippen LogP contribution < -0.4 is 16.4 Å². The number of rotatable bonds is 8. The summed E-state index contributed by atoms with van der Waals surface area (Å²) >= 11 is 3.42. The molecule has 36 heavy (non-hydrogen) atoms. The number of nitrogens with two attached hydrogens (primary N) is 1. The predicted molar refractivity (Wildman–Crippen MR) is 147 cm³/mol. The van der Waals surface area contributed by atoms with E-state index in [1.54, 1.807) is 25.3 Å². The number of benzene rings is 3. The normalized spacial score (nSPS) is 16.7. The molecule has 4 rings (SSSR count). The standard InChI is InChI=1S/C28H29BrN4O3/c1-36-23-16-17-33(18-23)27(28(35)31-22-13-11-21(29)12-14-22)20-9-6-19(7-10-20)8-15-26(34)32-25-5-3-2-4-24(25)30/h2-15,23,27H,16-18,30H2,1H3,(H,31,35)(H,32,34)/b15-8+. The Bertz CT molecular complexity index is 1230. The first-order chi connectivity index (χ1) is 17.4. The van der Waals surface area contributed by atoms with Gasteiger partial charge in [0.25, 0.3) is 0 Å². The number of carbonyl (C=O) groups excluding carboxylic acids is 2. The van der Waals surface area contributed by atoms with E-state index < -0.39 is 6.04 Å². The predicted octanol–water partition coefficient (Wildman–Crippen LogP) is 5.08. The van der Waals surface area contributed by atoms with E-state index in [2.05, 4.69) is 31.5 Å². The van der Waals surface area contributed by atoms with Gasteiger partial charge in [0, 0.05) is 36.4 Å². The van der Waals surface area contributed by atoms with Crippen molar-refractivity contribution >= 4 is 50.9 Å². The van der Waals surface area contributed by atoms with Crippen LogP contribution in [-0.2, 0) is 14.3 Å². The van der Waals surface area contributed by atoms with Crippen LogP contribution in [-0.4, -0.2) is 43.0 Å². The highest BCUT2D eigenvalue weighted by Gasteiger charge is 2.33. The molecular weight excluding hydrogens is 520 g/mol. The second-order valence-electron chi connectivity index (χ2n) is 8.62. The molecule has 186 valence electrons. The minimum absolute atomic E-state index is 0.0998. The van der Waals surface area contributed by atoms with E-state index in [1.165, 1.54) is 6.08 Å². The molecule has 4 N–H and O–H groups in total. The molecule has 2 atom stereocenters. The number of hydrogen-bond donors (Lipinski definition) is 3. The molecule has 1 saturated heterocycles. The average Bonchev–Trinajstić information content (AvgIpc) is 3.35. The zero-order valence-corrected chi connectivity index (χ0v) is 21.6. The van der Waals surface area contributed by atoms with Crippen LogP contribution in [0, 0.1) is 0 Å². The maximum atomic E-state index is 13.4. The Morgan fingerprint density at radius 2 is 1.78 bits per heavy atom. The molecule has 0 radical (unpaired) electrons. The fourth-order valence-corrected chi connectivity index (χ4v) is 4.46. The number of nitrogens with zero attached hydrogens (tertiary/aromatic N) is 1. The molecule has 1 fully saturated rings. The number of hydrogen-bond acceptors (Lipinski definition) is 5. The first-order valence-electron chi connectivity index (χ1n) is 11.7. The molecule has 0 bridgehead atoms. The monoisotopic (exact) mass is 548 g/mol. The van der Waals surface area contributed by atoms with Crippen LogP contribution in [0.5, 0.6) is 0 Å². The topological polar surface area (TPSA) is 96.7 Å². The van der Waals surface area contributed by atoms with Gasteiger partial charge in [-0.1, -0.05) is 52.3 Å². The molecule has 1 heterocycles. The van der Waals surface area contributed by atoms with E-state index in [-0.39, 0.29) is 17.9 Å². The molecule has 2 amide bonds. The quantitative estimate of drug-likeness (QED) is 0.269. The zero-order chi connectivity index (χ0) is 25.5. The molecule has 8 heteroatoms. The van der Waals surface area contributed by atoms with Crippen LogP contribution in [0.15, 0.2) is 83.3 Å². The van der Waals surface area contributed by atoms with Gasteiger partial charge in [-0.15, -0.1) is 0 Å². The summed E-state index contributed by atoms with van der Waals surface area (Å²) in [5.74, 6) is -0.372. The van der Waals surface area contributed by atoms with Gasteiger partial charge in [-0.2, -0.15) is 0 Å². The number of halogens is 1. The lowest BCUT2D eigenvalue weighted by molar-refractivity contribution is -0.121. The molecule has 1 aliphatic heterocycles. The highest BCUT2D eigenvalue weighted by molar-refractivity contribution is 9.10. The molecule has 7 nitrogen and oxygen atoms in total. The Labute approximate surface area is 219 Å². The highest BCUT2D eigenvalue weighted by atomic mass is 79.9. The number of nitrogens with one attached hydrogen (secondary N) is 2. The average molecular weight is 549 g/mol. The number of amides is 2. The van der Waals surface area contributed by atoms with Crippen LogP contribution >= 0.6 is 15.9 Å². The van der Waals surface area contributed by atoms with E-state index in [0.717, 1.165) is 34.3 Å². The summed E-state index contributed by atoms with van der Waals surface area (Å²) < 4.78 is 6.48. The van der Waals surface area contributed by atoms with Crippen molar-refractivity contribution in [3.63, 3.8) is 0 Å². The largest absolute Gasteiger partial charge is 0.397 e. The van der Waals surface area contributed by atoms with Crippen molar-refractivity contribution in [2.75, 3.05) is 36.6 Å². The van der Waals surface area contributed by atoms with E-state index >= 15 is 0 Å². The van der Waals surface area contributed by atoms with Crippen LogP contribution in [0.2, 0.25) is 0 Å². The van der Waals surface area contributed by atoms with E-state index in [9.17, 15) is 9.59 Å². The van der Waals surface area contributed by atoms with Crippen molar-refractivity contribution < 1.29 is 14.3 Å². The second-order valence-corrected chi connectivity index (χ2v) is 9.53. The van der Waals surface area contributed by atoms with Crippen molar-refractivity contribution in [1.82, 2.24) is 4.90 Å². The van der Waals surface area contributed by atoms with Gasteiger partial charge in [-0.3, -0.25) is 14.5 Å². The summed E-state index contributed by atoms with van der Waals surface area (Å²) in [4.78, 5) is 27.8. The number of nitrogen functional groups attached to an aromatic ring is 1. The van der Waals surface area contributed by atoms with Crippen molar-refractivity contribution in [3.05, 3.63) is 94.5 Å². The van der Waals surface area contributed by atoms with E-state index in [1.807, 2.05) is 60.7 Å². The molecule has 0 aromatic heterocycles. The highest BCUT2D eigenvalue weighted by Crippen LogP contribution is 2.28. The van der Waals surface area contributed by atoms with Crippen molar-refractivity contribution in [2.24, 2.45) is 0 Å². The van der Waals surface area contributed by atoms with Crippen LogP contribution in [0.3, 0.4) is 0 Å². The lowest BCUT2D eigenvalue weighted by Crippen LogP contribution is -2.36. The van der Waals surface area contributed by atoms with Crippen LogP contribution in [0.25, 0.3) is 6.08 Å². The maximum absolute atomic E-state index is 13.4. The third-order valence-electron chi connectivity index (χ3n) is 6.13. The Hall–Kier alpha value is -3.46. The van der Waals surface area contributed by atoms with E-state index in [4.69, 9.17) is 10.5 Å². The Morgan fingerprint density at radius 1 is 1.06 bits per heavy atom. The number of anilines is 3. The fourth-order valence-electron chi connectivity index (χ4n) is 4.20. The SMILES string of the molecule is COC1CCN(C(C(=O)Nc2ccc(Br)cc2)c2ccc(/C=C/C(=O)Nc3ccccc3N)cc2)C1. The number of ether oxygens (including phenoxy) is 1. The molecular formula is C28H29BrN4O3. The maximum Gasteiger partial charge on any atom is 0.248 e. The van der Waals surface area contributed by atoms with E-state index in [0.29, 0.717) is 17.9 Å². The van der Waals surface area contributed by atoms with Gasteiger partial charge in [0.2, 0.25) is 11.8 Å². The van der Waals surface area contributed by atoms with Crippen LogP contribution in [0.4, 0.5) is 17.1 Å². The minimum Gasteiger partial charge on any atom is -0.397 e. The molecule has 0 saturated carbocycles. The van der Waals surface area contributed by atoms with Crippen molar-refractivity contribution in [3.8, 4) is 0 Å². The number of para-hydroxylation sites is 2. The first-order valence-corrected chi connectivity index (χ1v) is 12.5. The summed E-state index contributed by atoms with van der Waals surface area (Å²) in [5, 5.41) is 5.81. The van der Waals surface area contributed by atoms with Gasteiger partial charge in [-0.05, 0) is 60.0 Å². The number of methoxy groups -OCH3 is 1. The minimum atomic E-state index is -0.462. The molecule has 0 spiro atoms. The summed E-state index contributed by atoms with van der Waals surface area (Å²) in [6, 6.07) is 21.8. The third kappa shape index (κ3) is 6.60. The van der Waals surface area contributed by atoms with Gasteiger partial charge < -0.3 is 21.1 Å². The summed E-state index contributed by atoms with van der Waals surface area (Å²) in [6.07, 6.45) is 4.17. The Morgan fingerprint density at radius 3 is 2.44 bits per heavy atom.